The molecule has 0 bridgehead atoms. The molecule has 1 atom stereocenters. The fourth-order valence-electron chi connectivity index (χ4n) is 1.81. The standard InChI is InChI=1S/C14H22N2O2/c1-5-9(4)15-13(17)11-8-10(6-2)12(7-3)16-14(11)18/h8-9H,5-7H2,1-4H3,(H,15,17)(H,16,18)/t9-/m0/s1. The second kappa shape index (κ2) is 6.38. The maximum absolute atomic E-state index is 12.0. The summed E-state index contributed by atoms with van der Waals surface area (Å²) in [6, 6.07) is 1.79. The van der Waals surface area contributed by atoms with Crippen LogP contribution in [0.1, 0.15) is 55.7 Å². The highest BCUT2D eigenvalue weighted by Crippen LogP contribution is 2.08. The Kier molecular flexibility index (Phi) is 5.13. The highest BCUT2D eigenvalue weighted by Gasteiger charge is 2.14. The number of amides is 1. The number of H-pyrrole nitrogens is 1. The van der Waals surface area contributed by atoms with E-state index in [1.807, 2.05) is 27.7 Å². The molecule has 0 saturated heterocycles. The number of aromatic amines is 1. The minimum absolute atomic E-state index is 0.0767. The van der Waals surface area contributed by atoms with Gasteiger partial charge in [-0.2, -0.15) is 0 Å². The van der Waals surface area contributed by atoms with Gasteiger partial charge in [-0.15, -0.1) is 0 Å². The summed E-state index contributed by atoms with van der Waals surface area (Å²) in [6.07, 6.45) is 2.42. The van der Waals surface area contributed by atoms with Crippen LogP contribution in [0.5, 0.6) is 0 Å². The summed E-state index contributed by atoms with van der Waals surface area (Å²) in [6.45, 7) is 7.92. The number of rotatable bonds is 5. The first-order chi connectivity index (χ1) is 8.53. The number of nitrogens with one attached hydrogen (secondary N) is 2. The van der Waals surface area contributed by atoms with Crippen LogP contribution in [0.25, 0.3) is 0 Å². The van der Waals surface area contributed by atoms with Gasteiger partial charge in [0, 0.05) is 11.7 Å². The Morgan fingerprint density at radius 1 is 1.33 bits per heavy atom. The Morgan fingerprint density at radius 3 is 2.50 bits per heavy atom. The van der Waals surface area contributed by atoms with Gasteiger partial charge in [0.25, 0.3) is 11.5 Å². The molecule has 0 aliphatic rings. The number of carbonyl (C=O) groups excluding carboxylic acids is 1. The van der Waals surface area contributed by atoms with Gasteiger partial charge in [-0.05, 0) is 37.8 Å². The molecule has 1 heterocycles. The second-order valence-corrected chi connectivity index (χ2v) is 4.51. The average molecular weight is 250 g/mol. The zero-order valence-corrected chi connectivity index (χ0v) is 11.6. The van der Waals surface area contributed by atoms with Crippen LogP contribution in [-0.4, -0.2) is 16.9 Å². The predicted octanol–water partition coefficient (Wildman–Crippen LogP) is 2.03. The van der Waals surface area contributed by atoms with Crippen molar-refractivity contribution in [3.63, 3.8) is 0 Å². The molecule has 0 saturated carbocycles. The second-order valence-electron chi connectivity index (χ2n) is 4.51. The van der Waals surface area contributed by atoms with Crippen molar-refractivity contribution >= 4 is 5.91 Å². The van der Waals surface area contributed by atoms with Gasteiger partial charge in [0.1, 0.15) is 5.56 Å². The SMILES string of the molecule is CCc1cc(C(=O)N[C@@H](C)CC)c(=O)[nH]c1CC. The van der Waals surface area contributed by atoms with Gasteiger partial charge in [0.2, 0.25) is 0 Å². The molecule has 0 aromatic carbocycles. The smallest absolute Gasteiger partial charge is 0.261 e. The summed E-state index contributed by atoms with van der Waals surface area (Å²) in [5.74, 6) is -0.289. The molecule has 0 fully saturated rings. The van der Waals surface area contributed by atoms with Crippen molar-refractivity contribution in [3.05, 3.63) is 33.2 Å². The van der Waals surface area contributed by atoms with E-state index in [-0.39, 0.29) is 23.1 Å². The lowest BCUT2D eigenvalue weighted by molar-refractivity contribution is 0.0937. The molecular weight excluding hydrogens is 228 g/mol. The van der Waals surface area contributed by atoms with Gasteiger partial charge in [-0.1, -0.05) is 20.8 Å². The molecule has 1 aromatic rings. The summed E-state index contributed by atoms with van der Waals surface area (Å²) < 4.78 is 0. The van der Waals surface area contributed by atoms with Crippen molar-refractivity contribution in [2.45, 2.75) is 53.0 Å². The molecule has 100 valence electrons. The van der Waals surface area contributed by atoms with Crippen LogP contribution in [0.3, 0.4) is 0 Å². The van der Waals surface area contributed by atoms with E-state index in [0.29, 0.717) is 0 Å². The number of aryl methyl sites for hydroxylation is 2. The lowest BCUT2D eigenvalue weighted by Crippen LogP contribution is -2.36. The third-order valence-electron chi connectivity index (χ3n) is 3.18. The Labute approximate surface area is 108 Å². The van der Waals surface area contributed by atoms with Crippen LogP contribution >= 0.6 is 0 Å². The first-order valence-corrected chi connectivity index (χ1v) is 6.59. The Morgan fingerprint density at radius 2 is 2.00 bits per heavy atom. The zero-order valence-electron chi connectivity index (χ0n) is 11.6. The first kappa shape index (κ1) is 14.5. The molecule has 0 radical (unpaired) electrons. The fourth-order valence-corrected chi connectivity index (χ4v) is 1.81. The number of hydrogen-bond acceptors (Lipinski definition) is 2. The summed E-state index contributed by atoms with van der Waals surface area (Å²) in [7, 11) is 0. The summed E-state index contributed by atoms with van der Waals surface area (Å²) in [5.41, 5.74) is 1.86. The van der Waals surface area contributed by atoms with Gasteiger partial charge in [-0.3, -0.25) is 9.59 Å². The van der Waals surface area contributed by atoms with E-state index in [1.165, 1.54) is 0 Å². The summed E-state index contributed by atoms with van der Waals surface area (Å²) in [4.78, 5) is 26.6. The van der Waals surface area contributed by atoms with Crippen molar-refractivity contribution < 1.29 is 4.79 Å². The van der Waals surface area contributed by atoms with E-state index in [9.17, 15) is 9.59 Å². The molecule has 0 aliphatic heterocycles. The van der Waals surface area contributed by atoms with E-state index in [2.05, 4.69) is 10.3 Å². The Bertz CT molecular complexity index is 477. The van der Waals surface area contributed by atoms with Crippen molar-refractivity contribution in [1.82, 2.24) is 10.3 Å². The van der Waals surface area contributed by atoms with Crippen LogP contribution in [0.4, 0.5) is 0 Å². The maximum Gasteiger partial charge on any atom is 0.261 e. The highest BCUT2D eigenvalue weighted by atomic mass is 16.2. The maximum atomic E-state index is 12.0. The first-order valence-electron chi connectivity index (χ1n) is 6.59. The average Bonchev–Trinajstić information content (AvgIpc) is 2.37. The van der Waals surface area contributed by atoms with Crippen LogP contribution in [0.15, 0.2) is 10.9 Å². The van der Waals surface area contributed by atoms with Crippen molar-refractivity contribution in [3.8, 4) is 0 Å². The van der Waals surface area contributed by atoms with E-state index in [0.717, 1.165) is 30.5 Å². The number of pyridine rings is 1. The normalized spacial score (nSPS) is 12.2. The number of hydrogen-bond donors (Lipinski definition) is 2. The fraction of sp³-hybridized carbons (Fsp3) is 0.571. The molecule has 4 heteroatoms. The van der Waals surface area contributed by atoms with E-state index < -0.39 is 0 Å². The molecule has 0 aliphatic carbocycles. The molecular formula is C14H22N2O2. The lowest BCUT2D eigenvalue weighted by atomic mass is 10.1. The summed E-state index contributed by atoms with van der Waals surface area (Å²) >= 11 is 0. The van der Waals surface area contributed by atoms with E-state index >= 15 is 0 Å². The van der Waals surface area contributed by atoms with Crippen molar-refractivity contribution in [2.24, 2.45) is 0 Å². The molecule has 4 nitrogen and oxygen atoms in total. The Hall–Kier alpha value is -1.58. The monoisotopic (exact) mass is 250 g/mol. The number of carbonyl (C=O) groups is 1. The van der Waals surface area contributed by atoms with E-state index in [1.54, 1.807) is 6.07 Å². The van der Waals surface area contributed by atoms with Crippen LogP contribution in [0.2, 0.25) is 0 Å². The largest absolute Gasteiger partial charge is 0.349 e. The summed E-state index contributed by atoms with van der Waals surface area (Å²) in [5, 5.41) is 2.82. The molecule has 0 spiro atoms. The molecule has 1 amide bonds. The topological polar surface area (TPSA) is 62.0 Å². The van der Waals surface area contributed by atoms with Gasteiger partial charge in [-0.25, -0.2) is 0 Å². The van der Waals surface area contributed by atoms with Crippen LogP contribution in [-0.2, 0) is 12.8 Å². The molecule has 1 aromatic heterocycles. The van der Waals surface area contributed by atoms with Gasteiger partial charge < -0.3 is 10.3 Å². The minimum atomic E-state index is -0.301. The van der Waals surface area contributed by atoms with E-state index in [4.69, 9.17) is 0 Å². The van der Waals surface area contributed by atoms with Crippen LogP contribution < -0.4 is 10.9 Å². The van der Waals surface area contributed by atoms with Crippen molar-refractivity contribution in [2.75, 3.05) is 0 Å². The lowest BCUT2D eigenvalue weighted by Gasteiger charge is -2.12. The third kappa shape index (κ3) is 3.22. The third-order valence-corrected chi connectivity index (χ3v) is 3.18. The minimum Gasteiger partial charge on any atom is -0.349 e. The molecule has 2 N–H and O–H groups in total. The van der Waals surface area contributed by atoms with Crippen LogP contribution in [0, 0.1) is 0 Å². The highest BCUT2D eigenvalue weighted by molar-refractivity contribution is 5.94. The number of aromatic nitrogens is 1. The quantitative estimate of drug-likeness (QED) is 0.840. The molecule has 0 unspecified atom stereocenters. The Balaban J connectivity index is 3.09. The predicted molar refractivity (Wildman–Crippen MR) is 73.0 cm³/mol. The zero-order chi connectivity index (χ0) is 13.7. The van der Waals surface area contributed by atoms with Crippen molar-refractivity contribution in [1.29, 1.82) is 0 Å². The molecule has 18 heavy (non-hydrogen) atoms. The van der Waals surface area contributed by atoms with Gasteiger partial charge in [0.15, 0.2) is 0 Å². The molecule has 1 rings (SSSR count). The van der Waals surface area contributed by atoms with Gasteiger partial charge >= 0.3 is 0 Å². The van der Waals surface area contributed by atoms with Gasteiger partial charge in [0.05, 0.1) is 0 Å².